The van der Waals surface area contributed by atoms with Crippen molar-refractivity contribution in [2.75, 3.05) is 17.6 Å². The molecule has 7 nitrogen and oxygen atoms in total. The number of aromatic carboxylic acids is 1. The number of aromatic nitrogens is 2. The van der Waals surface area contributed by atoms with E-state index in [4.69, 9.17) is 15.4 Å². The third-order valence-electron chi connectivity index (χ3n) is 2.85. The van der Waals surface area contributed by atoms with E-state index in [1.165, 1.54) is 6.07 Å². The van der Waals surface area contributed by atoms with Crippen LogP contribution in [0.2, 0.25) is 0 Å². The number of carboxylic acid groups (broad SMARTS) is 1. The van der Waals surface area contributed by atoms with Crippen LogP contribution in [0.3, 0.4) is 0 Å². The fourth-order valence-electron chi connectivity index (χ4n) is 1.83. The number of nitrogens with two attached hydrogens (primary N) is 1. The highest BCUT2D eigenvalue weighted by molar-refractivity contribution is 5.95. The first-order valence-electron chi connectivity index (χ1n) is 6.14. The third-order valence-corrected chi connectivity index (χ3v) is 2.85. The Morgan fingerprint density at radius 2 is 2.20 bits per heavy atom. The summed E-state index contributed by atoms with van der Waals surface area (Å²) >= 11 is 0. The number of nitrogens with one attached hydrogen (secondary N) is 1. The minimum absolute atomic E-state index is 0.0983. The van der Waals surface area contributed by atoms with Crippen molar-refractivity contribution in [3.05, 3.63) is 35.0 Å². The molecule has 2 aromatic rings. The van der Waals surface area contributed by atoms with Crippen LogP contribution in [0.15, 0.2) is 16.7 Å². The van der Waals surface area contributed by atoms with Gasteiger partial charge in [0.1, 0.15) is 0 Å². The van der Waals surface area contributed by atoms with Gasteiger partial charge >= 0.3 is 5.97 Å². The molecule has 4 N–H and O–H groups in total. The zero-order chi connectivity index (χ0) is 14.7. The Morgan fingerprint density at radius 1 is 1.45 bits per heavy atom. The van der Waals surface area contributed by atoms with Crippen molar-refractivity contribution in [1.29, 1.82) is 0 Å². The van der Waals surface area contributed by atoms with Gasteiger partial charge < -0.3 is 20.7 Å². The Bertz CT molecular complexity index is 637. The largest absolute Gasteiger partial charge is 0.478 e. The maximum atomic E-state index is 11.1. The molecule has 0 spiro atoms. The molecule has 0 atom stereocenters. The molecular formula is C13H16N4O3. The highest BCUT2D eigenvalue weighted by Gasteiger charge is 2.11. The molecule has 1 aromatic carbocycles. The first-order valence-corrected chi connectivity index (χ1v) is 6.14. The summed E-state index contributed by atoms with van der Waals surface area (Å²) in [6, 6.07) is 3.32. The molecule has 0 amide bonds. The number of nitrogen functional groups attached to an aromatic ring is 1. The van der Waals surface area contributed by atoms with Crippen LogP contribution in [-0.4, -0.2) is 27.8 Å². The second-order valence-corrected chi connectivity index (χ2v) is 4.47. The summed E-state index contributed by atoms with van der Waals surface area (Å²) in [5.74, 6) is 0.0962. The van der Waals surface area contributed by atoms with Crippen molar-refractivity contribution in [2.24, 2.45) is 0 Å². The van der Waals surface area contributed by atoms with Crippen LogP contribution in [0.1, 0.15) is 27.6 Å². The lowest BCUT2D eigenvalue weighted by atomic mass is 10.1. The van der Waals surface area contributed by atoms with Gasteiger partial charge in [0.2, 0.25) is 5.89 Å². The van der Waals surface area contributed by atoms with E-state index in [0.717, 1.165) is 5.56 Å². The van der Waals surface area contributed by atoms with Gasteiger partial charge in [-0.05, 0) is 31.5 Å². The maximum Gasteiger partial charge on any atom is 0.337 e. The van der Waals surface area contributed by atoms with Crippen LogP contribution < -0.4 is 11.1 Å². The van der Waals surface area contributed by atoms with E-state index in [1.807, 2.05) is 0 Å². The van der Waals surface area contributed by atoms with Crippen LogP contribution in [0.25, 0.3) is 0 Å². The van der Waals surface area contributed by atoms with Gasteiger partial charge in [0.25, 0.3) is 0 Å². The van der Waals surface area contributed by atoms with Crippen molar-refractivity contribution in [3.63, 3.8) is 0 Å². The molecule has 106 valence electrons. The van der Waals surface area contributed by atoms with Crippen molar-refractivity contribution in [3.8, 4) is 0 Å². The molecule has 20 heavy (non-hydrogen) atoms. The van der Waals surface area contributed by atoms with Gasteiger partial charge in [0, 0.05) is 24.3 Å². The maximum absolute atomic E-state index is 11.1. The molecule has 0 aliphatic heterocycles. The Kier molecular flexibility index (Phi) is 3.88. The number of nitrogens with zero attached hydrogens (tertiary/aromatic N) is 2. The average molecular weight is 276 g/mol. The standard InChI is InChI=1S/C13H16N4O3/c1-7-5-9(6-10(12(7)14)13(18)19)15-4-3-11-16-8(2)17-20-11/h5-6,15H,3-4,14H2,1-2H3,(H,18,19). The summed E-state index contributed by atoms with van der Waals surface area (Å²) in [5, 5.41) is 15.9. The van der Waals surface area contributed by atoms with Gasteiger partial charge in [0.05, 0.1) is 5.56 Å². The molecule has 0 bridgehead atoms. The highest BCUT2D eigenvalue weighted by atomic mass is 16.5. The van der Waals surface area contributed by atoms with Gasteiger partial charge in [0.15, 0.2) is 5.82 Å². The van der Waals surface area contributed by atoms with E-state index in [-0.39, 0.29) is 11.3 Å². The molecule has 0 saturated carbocycles. The fourth-order valence-corrected chi connectivity index (χ4v) is 1.83. The lowest BCUT2D eigenvalue weighted by molar-refractivity contribution is 0.0698. The van der Waals surface area contributed by atoms with Gasteiger partial charge in [-0.2, -0.15) is 4.98 Å². The third kappa shape index (κ3) is 3.05. The van der Waals surface area contributed by atoms with Crippen molar-refractivity contribution >= 4 is 17.3 Å². The van der Waals surface area contributed by atoms with E-state index in [1.54, 1.807) is 19.9 Å². The quantitative estimate of drug-likeness (QED) is 0.711. The lowest BCUT2D eigenvalue weighted by Gasteiger charge is -2.10. The van der Waals surface area contributed by atoms with E-state index in [2.05, 4.69) is 15.5 Å². The highest BCUT2D eigenvalue weighted by Crippen LogP contribution is 2.22. The first-order chi connectivity index (χ1) is 9.47. The number of carboxylic acids is 1. The minimum atomic E-state index is -1.04. The molecule has 0 fully saturated rings. The lowest BCUT2D eigenvalue weighted by Crippen LogP contribution is -2.09. The number of aryl methyl sites for hydroxylation is 2. The van der Waals surface area contributed by atoms with E-state index in [9.17, 15) is 4.79 Å². The Balaban J connectivity index is 2.04. The van der Waals surface area contributed by atoms with Crippen molar-refractivity contribution in [2.45, 2.75) is 20.3 Å². The van der Waals surface area contributed by atoms with E-state index >= 15 is 0 Å². The molecule has 1 heterocycles. The molecule has 0 aliphatic carbocycles. The number of carbonyl (C=O) groups is 1. The monoisotopic (exact) mass is 276 g/mol. The minimum Gasteiger partial charge on any atom is -0.478 e. The smallest absolute Gasteiger partial charge is 0.337 e. The second-order valence-electron chi connectivity index (χ2n) is 4.47. The summed E-state index contributed by atoms with van der Waals surface area (Å²) in [6.07, 6.45) is 0.562. The Morgan fingerprint density at radius 3 is 2.80 bits per heavy atom. The summed E-state index contributed by atoms with van der Waals surface area (Å²) in [5.41, 5.74) is 7.54. The summed E-state index contributed by atoms with van der Waals surface area (Å²) in [6.45, 7) is 4.08. The second kappa shape index (κ2) is 5.60. The van der Waals surface area contributed by atoms with Gasteiger partial charge in [-0.1, -0.05) is 5.16 Å². The molecule has 1 aromatic heterocycles. The molecule has 0 radical (unpaired) electrons. The first kappa shape index (κ1) is 13.9. The SMILES string of the molecule is Cc1noc(CCNc2cc(C)c(N)c(C(=O)O)c2)n1. The molecular weight excluding hydrogens is 260 g/mol. The molecule has 0 saturated heterocycles. The van der Waals surface area contributed by atoms with Gasteiger partial charge in [-0.15, -0.1) is 0 Å². The van der Waals surface area contributed by atoms with Gasteiger partial charge in [-0.25, -0.2) is 4.79 Å². The van der Waals surface area contributed by atoms with Crippen LogP contribution in [0.4, 0.5) is 11.4 Å². The van der Waals surface area contributed by atoms with Crippen molar-refractivity contribution in [1.82, 2.24) is 10.1 Å². The molecule has 2 rings (SSSR count). The van der Waals surface area contributed by atoms with E-state index < -0.39 is 5.97 Å². The number of hydrogen-bond donors (Lipinski definition) is 3. The van der Waals surface area contributed by atoms with Crippen LogP contribution in [0.5, 0.6) is 0 Å². The topological polar surface area (TPSA) is 114 Å². The summed E-state index contributed by atoms with van der Waals surface area (Å²) in [7, 11) is 0. The number of hydrogen-bond acceptors (Lipinski definition) is 6. The number of benzene rings is 1. The average Bonchev–Trinajstić information content (AvgIpc) is 2.79. The van der Waals surface area contributed by atoms with Crippen LogP contribution in [0, 0.1) is 13.8 Å². The summed E-state index contributed by atoms with van der Waals surface area (Å²) in [4.78, 5) is 15.2. The zero-order valence-electron chi connectivity index (χ0n) is 11.3. The number of rotatable bonds is 5. The van der Waals surface area contributed by atoms with Crippen LogP contribution >= 0.6 is 0 Å². The van der Waals surface area contributed by atoms with Crippen LogP contribution in [-0.2, 0) is 6.42 Å². The molecule has 7 heteroatoms. The normalized spacial score (nSPS) is 10.5. The Labute approximate surface area is 115 Å². The zero-order valence-corrected chi connectivity index (χ0v) is 11.3. The van der Waals surface area contributed by atoms with Crippen molar-refractivity contribution < 1.29 is 14.4 Å². The molecule has 0 aliphatic rings. The molecule has 0 unspecified atom stereocenters. The van der Waals surface area contributed by atoms with E-state index in [0.29, 0.717) is 30.4 Å². The predicted molar refractivity (Wildman–Crippen MR) is 73.8 cm³/mol. The Hall–Kier alpha value is -2.57. The predicted octanol–water partition coefficient (Wildman–Crippen LogP) is 1.62. The fraction of sp³-hybridized carbons (Fsp3) is 0.308. The van der Waals surface area contributed by atoms with Gasteiger partial charge in [-0.3, -0.25) is 0 Å². The summed E-state index contributed by atoms with van der Waals surface area (Å²) < 4.78 is 4.99. The number of anilines is 2.